The van der Waals surface area contributed by atoms with E-state index < -0.39 is 6.10 Å². The van der Waals surface area contributed by atoms with E-state index in [0.717, 1.165) is 29.6 Å². The van der Waals surface area contributed by atoms with Crippen molar-refractivity contribution < 1.29 is 9.90 Å². The van der Waals surface area contributed by atoms with E-state index in [-0.39, 0.29) is 11.9 Å². The van der Waals surface area contributed by atoms with Gasteiger partial charge in [0.15, 0.2) is 5.65 Å². The average Bonchev–Trinajstić information content (AvgIpc) is 2.89. The summed E-state index contributed by atoms with van der Waals surface area (Å²) in [6.45, 7) is 7.06. The van der Waals surface area contributed by atoms with Crippen LogP contribution in [0.2, 0.25) is 0 Å². The number of nitrogens with zero attached hydrogens (tertiary/aromatic N) is 4. The number of pyridine rings is 1. The first-order valence-corrected chi connectivity index (χ1v) is 7.79. The van der Waals surface area contributed by atoms with E-state index in [0.29, 0.717) is 18.7 Å². The van der Waals surface area contributed by atoms with Crippen LogP contribution in [0.5, 0.6) is 0 Å². The molecule has 22 heavy (non-hydrogen) atoms. The fourth-order valence-electron chi connectivity index (χ4n) is 3.01. The Labute approximate surface area is 129 Å². The highest BCUT2D eigenvalue weighted by atomic mass is 16.3. The Balaban J connectivity index is 2.04. The van der Waals surface area contributed by atoms with Gasteiger partial charge in [0.25, 0.3) is 5.91 Å². The highest BCUT2D eigenvalue weighted by Crippen LogP contribution is 2.23. The summed E-state index contributed by atoms with van der Waals surface area (Å²) >= 11 is 0. The molecule has 6 nitrogen and oxygen atoms in total. The Bertz CT molecular complexity index is 707. The molecule has 6 heteroatoms. The van der Waals surface area contributed by atoms with E-state index in [1.807, 2.05) is 31.5 Å². The van der Waals surface area contributed by atoms with Crippen LogP contribution in [-0.4, -0.2) is 49.9 Å². The molecule has 1 aliphatic rings. The predicted molar refractivity (Wildman–Crippen MR) is 83.8 cm³/mol. The second-order valence-corrected chi connectivity index (χ2v) is 6.28. The number of carbonyl (C=O) groups excluding carboxylic acids is 1. The molecule has 1 saturated heterocycles. The summed E-state index contributed by atoms with van der Waals surface area (Å²) in [5.41, 5.74) is 2.18. The van der Waals surface area contributed by atoms with Crippen LogP contribution in [0.1, 0.15) is 48.8 Å². The highest BCUT2D eigenvalue weighted by molar-refractivity contribution is 6.05. The Morgan fingerprint density at radius 2 is 2.23 bits per heavy atom. The molecule has 1 N–H and O–H groups in total. The molecule has 0 radical (unpaired) electrons. The second kappa shape index (κ2) is 5.68. The van der Waals surface area contributed by atoms with Gasteiger partial charge < -0.3 is 10.0 Å². The van der Waals surface area contributed by atoms with Crippen molar-refractivity contribution in [2.75, 3.05) is 13.1 Å². The molecule has 0 bridgehead atoms. The molecule has 1 fully saturated rings. The van der Waals surface area contributed by atoms with Gasteiger partial charge in [-0.05, 0) is 39.7 Å². The molecule has 0 saturated carbocycles. The molecule has 2 aromatic heterocycles. The standard InChI is InChI=1S/C16H22N4O2/c1-10(2)20-15-14(8-17-20)13(7-11(3)18-15)16(22)19-6-4-5-12(21)9-19/h7-8,10,12,21H,4-6,9H2,1-3H3/t12-/m0/s1. The van der Waals surface area contributed by atoms with Crippen molar-refractivity contribution in [3.8, 4) is 0 Å². The minimum absolute atomic E-state index is 0.0439. The molecular weight excluding hydrogens is 280 g/mol. The maximum Gasteiger partial charge on any atom is 0.254 e. The summed E-state index contributed by atoms with van der Waals surface area (Å²) in [6.07, 6.45) is 2.90. The monoisotopic (exact) mass is 302 g/mol. The summed E-state index contributed by atoms with van der Waals surface area (Å²) in [4.78, 5) is 19.1. The Morgan fingerprint density at radius 1 is 1.45 bits per heavy atom. The van der Waals surface area contributed by atoms with Crippen molar-refractivity contribution in [2.24, 2.45) is 0 Å². The molecule has 1 amide bonds. The zero-order chi connectivity index (χ0) is 15.9. The lowest BCUT2D eigenvalue weighted by Crippen LogP contribution is -2.42. The number of rotatable bonds is 2. The smallest absolute Gasteiger partial charge is 0.254 e. The van der Waals surface area contributed by atoms with Crippen molar-refractivity contribution in [3.63, 3.8) is 0 Å². The van der Waals surface area contributed by atoms with Gasteiger partial charge >= 0.3 is 0 Å². The van der Waals surface area contributed by atoms with Gasteiger partial charge in [-0.2, -0.15) is 5.10 Å². The summed E-state index contributed by atoms with van der Waals surface area (Å²) in [7, 11) is 0. The van der Waals surface area contributed by atoms with Gasteiger partial charge in [0.1, 0.15) is 0 Å². The quantitative estimate of drug-likeness (QED) is 0.920. The Hall–Kier alpha value is -1.95. The van der Waals surface area contributed by atoms with Gasteiger partial charge in [-0.3, -0.25) is 4.79 Å². The number of aliphatic hydroxyl groups is 1. The lowest BCUT2D eigenvalue weighted by Gasteiger charge is -2.30. The largest absolute Gasteiger partial charge is 0.391 e. The first-order chi connectivity index (χ1) is 10.5. The van der Waals surface area contributed by atoms with Crippen LogP contribution in [0.3, 0.4) is 0 Å². The molecule has 0 spiro atoms. The predicted octanol–water partition coefficient (Wildman–Crippen LogP) is 1.92. The SMILES string of the molecule is Cc1cc(C(=O)N2CCC[C@H](O)C2)c2cnn(C(C)C)c2n1. The minimum Gasteiger partial charge on any atom is -0.391 e. The molecule has 1 aliphatic heterocycles. The van der Waals surface area contributed by atoms with E-state index in [1.165, 1.54) is 0 Å². The summed E-state index contributed by atoms with van der Waals surface area (Å²) < 4.78 is 1.84. The van der Waals surface area contributed by atoms with Crippen LogP contribution in [0.15, 0.2) is 12.3 Å². The van der Waals surface area contributed by atoms with Gasteiger partial charge in [0.2, 0.25) is 0 Å². The fourth-order valence-corrected chi connectivity index (χ4v) is 3.01. The van der Waals surface area contributed by atoms with Gasteiger partial charge in [0.05, 0.1) is 23.3 Å². The van der Waals surface area contributed by atoms with Crippen LogP contribution >= 0.6 is 0 Å². The number of aryl methyl sites for hydroxylation is 1. The maximum absolute atomic E-state index is 12.8. The third-order valence-electron chi connectivity index (χ3n) is 4.10. The van der Waals surface area contributed by atoms with Gasteiger partial charge in [-0.25, -0.2) is 9.67 Å². The second-order valence-electron chi connectivity index (χ2n) is 6.28. The number of piperidine rings is 1. The minimum atomic E-state index is -0.422. The van der Waals surface area contributed by atoms with E-state index in [9.17, 15) is 9.90 Å². The number of aliphatic hydroxyl groups excluding tert-OH is 1. The Morgan fingerprint density at radius 3 is 2.91 bits per heavy atom. The molecule has 0 aliphatic carbocycles. The summed E-state index contributed by atoms with van der Waals surface area (Å²) in [5.74, 6) is -0.0439. The summed E-state index contributed by atoms with van der Waals surface area (Å²) in [5, 5.41) is 15.0. The molecule has 0 unspecified atom stereocenters. The van der Waals surface area contributed by atoms with Gasteiger partial charge in [-0.1, -0.05) is 0 Å². The average molecular weight is 302 g/mol. The van der Waals surface area contributed by atoms with Crippen molar-refractivity contribution in [1.82, 2.24) is 19.7 Å². The zero-order valence-electron chi connectivity index (χ0n) is 13.3. The lowest BCUT2D eigenvalue weighted by atomic mass is 10.1. The Kier molecular flexibility index (Phi) is 3.87. The van der Waals surface area contributed by atoms with Crippen LogP contribution in [0, 0.1) is 6.92 Å². The molecule has 1 atom stereocenters. The number of amides is 1. The van der Waals surface area contributed by atoms with E-state index >= 15 is 0 Å². The number of carbonyl (C=O) groups is 1. The molecular formula is C16H22N4O2. The van der Waals surface area contributed by atoms with E-state index in [2.05, 4.69) is 10.1 Å². The van der Waals surface area contributed by atoms with E-state index in [4.69, 9.17) is 0 Å². The summed E-state index contributed by atoms with van der Waals surface area (Å²) in [6, 6.07) is 2.00. The van der Waals surface area contributed by atoms with Crippen LogP contribution in [0.4, 0.5) is 0 Å². The van der Waals surface area contributed by atoms with Gasteiger partial charge in [0, 0.05) is 24.8 Å². The number of β-amino-alcohol motifs (C(OH)–C–C–N with tert-alkyl or cyclic N) is 1. The molecule has 118 valence electrons. The van der Waals surface area contributed by atoms with Crippen LogP contribution < -0.4 is 0 Å². The maximum atomic E-state index is 12.8. The van der Waals surface area contributed by atoms with Crippen molar-refractivity contribution in [2.45, 2.75) is 45.8 Å². The fraction of sp³-hybridized carbons (Fsp3) is 0.562. The van der Waals surface area contributed by atoms with Crippen molar-refractivity contribution in [3.05, 3.63) is 23.5 Å². The molecule has 3 rings (SSSR count). The van der Waals surface area contributed by atoms with Crippen molar-refractivity contribution >= 4 is 16.9 Å². The van der Waals surface area contributed by atoms with E-state index in [1.54, 1.807) is 11.1 Å². The van der Waals surface area contributed by atoms with Crippen LogP contribution in [0.25, 0.3) is 11.0 Å². The normalized spacial score (nSPS) is 19.1. The third kappa shape index (κ3) is 2.59. The number of hydrogen-bond donors (Lipinski definition) is 1. The highest BCUT2D eigenvalue weighted by Gasteiger charge is 2.25. The zero-order valence-corrected chi connectivity index (χ0v) is 13.3. The molecule has 0 aromatic carbocycles. The number of hydrogen-bond acceptors (Lipinski definition) is 4. The third-order valence-corrected chi connectivity index (χ3v) is 4.10. The van der Waals surface area contributed by atoms with Crippen LogP contribution in [-0.2, 0) is 0 Å². The first-order valence-electron chi connectivity index (χ1n) is 7.79. The number of likely N-dealkylation sites (tertiary alicyclic amines) is 1. The van der Waals surface area contributed by atoms with Gasteiger partial charge in [-0.15, -0.1) is 0 Å². The topological polar surface area (TPSA) is 71.2 Å². The lowest BCUT2D eigenvalue weighted by molar-refractivity contribution is 0.0475. The molecule has 3 heterocycles. The molecule has 2 aromatic rings. The van der Waals surface area contributed by atoms with Crippen molar-refractivity contribution in [1.29, 1.82) is 0 Å². The number of fused-ring (bicyclic) bond motifs is 1. The number of aromatic nitrogens is 3. The first kappa shape index (κ1) is 15.0.